The summed E-state index contributed by atoms with van der Waals surface area (Å²) in [5, 5.41) is 3.20. The summed E-state index contributed by atoms with van der Waals surface area (Å²) in [5.41, 5.74) is 0.502. The van der Waals surface area contributed by atoms with Gasteiger partial charge in [-0.25, -0.2) is 4.39 Å². The van der Waals surface area contributed by atoms with Gasteiger partial charge in [0.25, 0.3) is 0 Å². The van der Waals surface area contributed by atoms with Crippen LogP contribution < -0.4 is 5.32 Å². The molecule has 5 heteroatoms. The molecule has 1 saturated carbocycles. The maximum absolute atomic E-state index is 13.5. The number of amides is 1. The first kappa shape index (κ1) is 12.4. The molecule has 3 rings (SSSR count). The maximum atomic E-state index is 13.5. The summed E-state index contributed by atoms with van der Waals surface area (Å²) in [6, 6.07) is 1.89. The first-order valence-corrected chi connectivity index (χ1v) is 6.89. The SMILES string of the molecule is O=C(C1CC1)N1CCC(Nc2ccncc2F)CC1. The Labute approximate surface area is 112 Å². The Morgan fingerprint density at radius 3 is 2.68 bits per heavy atom. The van der Waals surface area contributed by atoms with Crippen LogP contribution in [0.5, 0.6) is 0 Å². The molecule has 1 saturated heterocycles. The molecule has 1 aromatic heterocycles. The molecule has 1 aliphatic carbocycles. The lowest BCUT2D eigenvalue weighted by Gasteiger charge is -2.33. The number of rotatable bonds is 3. The molecule has 4 nitrogen and oxygen atoms in total. The minimum absolute atomic E-state index is 0.236. The van der Waals surface area contributed by atoms with Crippen LogP contribution in [-0.2, 0) is 4.79 Å². The smallest absolute Gasteiger partial charge is 0.225 e. The second kappa shape index (κ2) is 5.15. The van der Waals surface area contributed by atoms with Crippen molar-refractivity contribution in [2.45, 2.75) is 31.7 Å². The molecule has 19 heavy (non-hydrogen) atoms. The molecule has 0 bridgehead atoms. The molecule has 0 atom stereocenters. The van der Waals surface area contributed by atoms with Gasteiger partial charge in [0.2, 0.25) is 5.91 Å². The molecular formula is C14H18FN3O. The van der Waals surface area contributed by atoms with E-state index in [0.717, 1.165) is 38.8 Å². The van der Waals surface area contributed by atoms with Gasteiger partial charge >= 0.3 is 0 Å². The summed E-state index contributed by atoms with van der Waals surface area (Å²) < 4.78 is 13.5. The average molecular weight is 263 g/mol. The van der Waals surface area contributed by atoms with Crippen LogP contribution in [0.15, 0.2) is 18.5 Å². The van der Waals surface area contributed by atoms with Crippen LogP contribution >= 0.6 is 0 Å². The summed E-state index contributed by atoms with van der Waals surface area (Å²) in [7, 11) is 0. The number of hydrogen-bond donors (Lipinski definition) is 1. The van der Waals surface area contributed by atoms with Gasteiger partial charge in [-0.3, -0.25) is 9.78 Å². The minimum Gasteiger partial charge on any atom is -0.380 e. The summed E-state index contributed by atoms with van der Waals surface area (Å²) in [4.78, 5) is 17.6. The Kier molecular flexibility index (Phi) is 3.36. The number of nitrogens with zero attached hydrogens (tertiary/aromatic N) is 2. The third-order valence-electron chi connectivity index (χ3n) is 3.87. The Hall–Kier alpha value is -1.65. The first-order valence-electron chi connectivity index (χ1n) is 6.89. The standard InChI is InChI=1S/C14H18FN3O/c15-12-9-16-6-3-13(12)17-11-4-7-18(8-5-11)14(19)10-1-2-10/h3,6,9-11H,1-2,4-5,7-8H2,(H,16,17). The Bertz CT molecular complexity index is 468. The third-order valence-corrected chi connectivity index (χ3v) is 3.87. The Morgan fingerprint density at radius 1 is 1.32 bits per heavy atom. The molecule has 0 spiro atoms. The zero-order valence-electron chi connectivity index (χ0n) is 10.8. The number of hydrogen-bond acceptors (Lipinski definition) is 3. The average Bonchev–Trinajstić information content (AvgIpc) is 3.26. The number of pyridine rings is 1. The van der Waals surface area contributed by atoms with Crippen molar-refractivity contribution in [3.63, 3.8) is 0 Å². The number of carbonyl (C=O) groups excluding carboxylic acids is 1. The number of nitrogens with one attached hydrogen (secondary N) is 1. The number of aromatic nitrogens is 1. The third kappa shape index (κ3) is 2.85. The normalized spacial score (nSPS) is 20.4. The van der Waals surface area contributed by atoms with Gasteiger partial charge in [-0.1, -0.05) is 0 Å². The summed E-state index contributed by atoms with van der Waals surface area (Å²) >= 11 is 0. The van der Waals surface area contributed by atoms with Gasteiger partial charge in [0.15, 0.2) is 5.82 Å². The van der Waals surface area contributed by atoms with Crippen molar-refractivity contribution in [3.05, 3.63) is 24.3 Å². The molecule has 1 amide bonds. The number of likely N-dealkylation sites (tertiary alicyclic amines) is 1. The van der Waals surface area contributed by atoms with Gasteiger partial charge in [-0.15, -0.1) is 0 Å². The van der Waals surface area contributed by atoms with Crippen molar-refractivity contribution in [1.29, 1.82) is 0 Å². The molecule has 2 heterocycles. The van der Waals surface area contributed by atoms with Crippen molar-refractivity contribution in [2.24, 2.45) is 5.92 Å². The van der Waals surface area contributed by atoms with E-state index in [9.17, 15) is 9.18 Å². The van der Waals surface area contributed by atoms with Crippen LogP contribution in [0.1, 0.15) is 25.7 Å². The van der Waals surface area contributed by atoms with Crippen molar-refractivity contribution in [2.75, 3.05) is 18.4 Å². The molecular weight excluding hydrogens is 245 g/mol. The predicted molar refractivity (Wildman–Crippen MR) is 70.1 cm³/mol. The zero-order valence-corrected chi connectivity index (χ0v) is 10.8. The fraction of sp³-hybridized carbons (Fsp3) is 0.571. The second-order valence-electron chi connectivity index (χ2n) is 5.37. The van der Waals surface area contributed by atoms with E-state index in [1.807, 2.05) is 4.90 Å². The molecule has 0 aromatic carbocycles. The fourth-order valence-corrected chi connectivity index (χ4v) is 2.54. The van der Waals surface area contributed by atoms with Gasteiger partial charge in [-0.05, 0) is 31.7 Å². The summed E-state index contributed by atoms with van der Waals surface area (Å²) in [6.45, 7) is 1.55. The quantitative estimate of drug-likeness (QED) is 0.907. The minimum atomic E-state index is -0.320. The van der Waals surface area contributed by atoms with E-state index < -0.39 is 0 Å². The highest BCUT2D eigenvalue weighted by atomic mass is 19.1. The second-order valence-corrected chi connectivity index (χ2v) is 5.37. The maximum Gasteiger partial charge on any atom is 0.225 e. The van der Waals surface area contributed by atoms with Gasteiger partial charge in [0.1, 0.15) is 0 Å². The van der Waals surface area contributed by atoms with Gasteiger partial charge < -0.3 is 10.2 Å². The highest BCUT2D eigenvalue weighted by Gasteiger charge is 2.34. The van der Waals surface area contributed by atoms with E-state index in [4.69, 9.17) is 0 Å². The van der Waals surface area contributed by atoms with Gasteiger partial charge in [-0.2, -0.15) is 0 Å². The van der Waals surface area contributed by atoms with E-state index in [1.165, 1.54) is 6.20 Å². The highest BCUT2D eigenvalue weighted by Crippen LogP contribution is 2.32. The van der Waals surface area contributed by atoms with Crippen molar-refractivity contribution in [1.82, 2.24) is 9.88 Å². The molecule has 102 valence electrons. The lowest BCUT2D eigenvalue weighted by Crippen LogP contribution is -2.43. The molecule has 2 fully saturated rings. The van der Waals surface area contributed by atoms with Crippen LogP contribution in [0.25, 0.3) is 0 Å². The summed E-state index contributed by atoms with van der Waals surface area (Å²) in [5.74, 6) is 0.287. The number of anilines is 1. The van der Waals surface area contributed by atoms with Crippen LogP contribution in [0.3, 0.4) is 0 Å². The largest absolute Gasteiger partial charge is 0.380 e. The van der Waals surface area contributed by atoms with Gasteiger partial charge in [0.05, 0.1) is 11.9 Å². The zero-order chi connectivity index (χ0) is 13.2. The van der Waals surface area contributed by atoms with E-state index in [1.54, 1.807) is 12.3 Å². The lowest BCUT2D eigenvalue weighted by atomic mass is 10.0. The number of halogens is 1. The molecule has 1 N–H and O–H groups in total. The molecule has 0 radical (unpaired) electrons. The van der Waals surface area contributed by atoms with E-state index >= 15 is 0 Å². The van der Waals surface area contributed by atoms with Crippen LogP contribution in [0.4, 0.5) is 10.1 Å². The van der Waals surface area contributed by atoms with Crippen molar-refractivity contribution >= 4 is 11.6 Å². The lowest BCUT2D eigenvalue weighted by molar-refractivity contribution is -0.133. The monoisotopic (exact) mass is 263 g/mol. The van der Waals surface area contributed by atoms with Crippen LogP contribution in [0, 0.1) is 11.7 Å². The molecule has 2 aliphatic rings. The van der Waals surface area contributed by atoms with Crippen LogP contribution in [-0.4, -0.2) is 34.9 Å². The Morgan fingerprint density at radius 2 is 2.05 bits per heavy atom. The molecule has 0 unspecified atom stereocenters. The van der Waals surface area contributed by atoms with E-state index in [0.29, 0.717) is 17.5 Å². The number of piperidine rings is 1. The molecule has 1 aliphatic heterocycles. The molecule has 1 aromatic rings. The topological polar surface area (TPSA) is 45.2 Å². The van der Waals surface area contributed by atoms with Crippen molar-refractivity contribution < 1.29 is 9.18 Å². The number of carbonyl (C=O) groups is 1. The van der Waals surface area contributed by atoms with Crippen molar-refractivity contribution in [3.8, 4) is 0 Å². The first-order chi connectivity index (χ1) is 9.24. The van der Waals surface area contributed by atoms with E-state index in [-0.39, 0.29) is 11.9 Å². The van der Waals surface area contributed by atoms with Gasteiger partial charge in [0, 0.05) is 31.2 Å². The van der Waals surface area contributed by atoms with E-state index in [2.05, 4.69) is 10.3 Å². The fourth-order valence-electron chi connectivity index (χ4n) is 2.54. The van der Waals surface area contributed by atoms with Crippen LogP contribution in [0.2, 0.25) is 0 Å². The highest BCUT2D eigenvalue weighted by molar-refractivity contribution is 5.81. The summed E-state index contributed by atoms with van der Waals surface area (Å²) in [6.07, 6.45) is 6.66. The predicted octanol–water partition coefficient (Wildman–Crippen LogP) is 2.03. The Balaban J connectivity index is 1.53.